The van der Waals surface area contributed by atoms with E-state index >= 15 is 0 Å². The molecule has 0 radical (unpaired) electrons. The number of hydrogen-bond donors (Lipinski definition) is 2. The first-order valence-corrected chi connectivity index (χ1v) is 6.72. The molecule has 6 nitrogen and oxygen atoms in total. The summed E-state index contributed by atoms with van der Waals surface area (Å²) >= 11 is 0. The summed E-state index contributed by atoms with van der Waals surface area (Å²) in [5, 5.41) is 3.05. The fourth-order valence-electron chi connectivity index (χ4n) is 1.67. The van der Waals surface area contributed by atoms with Crippen molar-refractivity contribution < 1.29 is 4.74 Å². The maximum atomic E-state index is 12.1. The van der Waals surface area contributed by atoms with Gasteiger partial charge < -0.3 is 20.4 Å². The Kier molecular flexibility index (Phi) is 7.14. The molecule has 1 aromatic rings. The van der Waals surface area contributed by atoms with E-state index in [-0.39, 0.29) is 5.56 Å². The van der Waals surface area contributed by atoms with Gasteiger partial charge in [-0.15, -0.1) is 0 Å². The molecule has 0 aromatic carbocycles. The number of anilines is 1. The highest BCUT2D eigenvalue weighted by Crippen LogP contribution is 1.98. The van der Waals surface area contributed by atoms with Crippen LogP contribution >= 0.6 is 0 Å². The normalized spacial score (nSPS) is 10.9. The summed E-state index contributed by atoms with van der Waals surface area (Å²) < 4.78 is 6.94. The van der Waals surface area contributed by atoms with E-state index in [4.69, 9.17) is 10.5 Å². The van der Waals surface area contributed by atoms with Crippen LogP contribution in [0.2, 0.25) is 0 Å². The Morgan fingerprint density at radius 1 is 1.47 bits per heavy atom. The van der Waals surface area contributed by atoms with Gasteiger partial charge in [0.2, 0.25) is 0 Å². The number of aromatic nitrogens is 2. The van der Waals surface area contributed by atoms with Crippen LogP contribution in [0, 0.1) is 5.92 Å². The van der Waals surface area contributed by atoms with Gasteiger partial charge in [0, 0.05) is 38.6 Å². The van der Waals surface area contributed by atoms with E-state index in [0.717, 1.165) is 6.42 Å². The highest BCUT2D eigenvalue weighted by atomic mass is 16.5. The monoisotopic (exact) mass is 268 g/mol. The lowest BCUT2D eigenvalue weighted by Gasteiger charge is -2.10. The lowest BCUT2D eigenvalue weighted by molar-refractivity contribution is 0.141. The Balaban J connectivity index is 2.43. The molecule has 0 saturated heterocycles. The van der Waals surface area contributed by atoms with Crippen LogP contribution in [-0.2, 0) is 11.3 Å². The lowest BCUT2D eigenvalue weighted by Crippen LogP contribution is -2.26. The van der Waals surface area contributed by atoms with Crippen LogP contribution < -0.4 is 16.6 Å². The van der Waals surface area contributed by atoms with Gasteiger partial charge >= 0.3 is 0 Å². The summed E-state index contributed by atoms with van der Waals surface area (Å²) in [6.07, 6.45) is 4.19. The van der Waals surface area contributed by atoms with Crippen molar-refractivity contribution in [1.82, 2.24) is 9.55 Å². The fraction of sp³-hybridized carbons (Fsp3) is 0.692. The predicted octanol–water partition coefficient (Wildman–Crippen LogP) is 0.677. The van der Waals surface area contributed by atoms with Gasteiger partial charge in [-0.2, -0.15) is 0 Å². The molecule has 19 heavy (non-hydrogen) atoms. The zero-order chi connectivity index (χ0) is 14.1. The highest BCUT2D eigenvalue weighted by molar-refractivity contribution is 5.30. The quantitative estimate of drug-likeness (QED) is 0.643. The third-order valence-electron chi connectivity index (χ3n) is 2.50. The molecule has 0 aliphatic carbocycles. The minimum atomic E-state index is -0.0703. The maximum Gasteiger partial charge on any atom is 0.293 e. The molecule has 1 heterocycles. The van der Waals surface area contributed by atoms with Gasteiger partial charge in [-0.3, -0.25) is 4.79 Å². The van der Waals surface area contributed by atoms with Crippen molar-refractivity contribution in [2.75, 3.05) is 31.6 Å². The van der Waals surface area contributed by atoms with Gasteiger partial charge in [0.15, 0.2) is 5.82 Å². The number of hydrogen-bond acceptors (Lipinski definition) is 5. The molecule has 0 unspecified atom stereocenters. The van der Waals surface area contributed by atoms with E-state index in [9.17, 15) is 4.79 Å². The first kappa shape index (κ1) is 15.7. The predicted molar refractivity (Wildman–Crippen MR) is 76.3 cm³/mol. The zero-order valence-corrected chi connectivity index (χ0v) is 11.8. The van der Waals surface area contributed by atoms with E-state index in [1.54, 1.807) is 17.0 Å². The first-order valence-electron chi connectivity index (χ1n) is 6.72. The second-order valence-electron chi connectivity index (χ2n) is 4.81. The molecule has 0 fully saturated rings. The van der Waals surface area contributed by atoms with Gasteiger partial charge in [-0.05, 0) is 12.3 Å². The topological polar surface area (TPSA) is 82.2 Å². The molecule has 108 valence electrons. The molecule has 1 rings (SSSR count). The van der Waals surface area contributed by atoms with Crippen LogP contribution in [0.25, 0.3) is 0 Å². The summed E-state index contributed by atoms with van der Waals surface area (Å²) in [6, 6.07) is 0. The maximum absolute atomic E-state index is 12.1. The molecule has 0 atom stereocenters. The highest BCUT2D eigenvalue weighted by Gasteiger charge is 2.05. The fourth-order valence-corrected chi connectivity index (χ4v) is 1.67. The van der Waals surface area contributed by atoms with E-state index in [0.29, 0.717) is 44.6 Å². The number of nitrogens with two attached hydrogens (primary N) is 1. The van der Waals surface area contributed by atoms with Gasteiger partial charge in [0.05, 0.1) is 6.61 Å². The Morgan fingerprint density at radius 2 is 2.26 bits per heavy atom. The molecule has 0 saturated carbocycles. The summed E-state index contributed by atoms with van der Waals surface area (Å²) in [5.74, 6) is 0.833. The van der Waals surface area contributed by atoms with Crippen molar-refractivity contribution in [1.29, 1.82) is 0 Å². The third-order valence-corrected chi connectivity index (χ3v) is 2.50. The van der Waals surface area contributed by atoms with Crippen LogP contribution in [0.4, 0.5) is 5.82 Å². The van der Waals surface area contributed by atoms with Gasteiger partial charge in [-0.25, -0.2) is 4.98 Å². The third kappa shape index (κ3) is 5.85. The minimum Gasteiger partial charge on any atom is -0.380 e. The first-order chi connectivity index (χ1) is 9.15. The number of rotatable bonds is 9. The van der Waals surface area contributed by atoms with Gasteiger partial charge in [0.1, 0.15) is 0 Å². The lowest BCUT2D eigenvalue weighted by atomic mass is 10.2. The molecule has 3 N–H and O–H groups in total. The Hall–Kier alpha value is -1.40. The Morgan fingerprint density at radius 3 is 2.95 bits per heavy atom. The molecule has 0 amide bonds. The Bertz CT molecular complexity index is 417. The van der Waals surface area contributed by atoms with E-state index in [2.05, 4.69) is 24.1 Å². The number of ether oxygens (including phenoxy) is 1. The van der Waals surface area contributed by atoms with Crippen LogP contribution in [0.3, 0.4) is 0 Å². The average Bonchev–Trinajstić information content (AvgIpc) is 2.37. The van der Waals surface area contributed by atoms with Crippen molar-refractivity contribution in [2.45, 2.75) is 26.8 Å². The van der Waals surface area contributed by atoms with Gasteiger partial charge in [-0.1, -0.05) is 13.8 Å². The summed E-state index contributed by atoms with van der Waals surface area (Å²) in [5.41, 5.74) is 5.25. The molecular formula is C13H24N4O2. The minimum absolute atomic E-state index is 0.0703. The van der Waals surface area contributed by atoms with Crippen molar-refractivity contribution >= 4 is 5.82 Å². The van der Waals surface area contributed by atoms with E-state index < -0.39 is 0 Å². The Labute approximate surface area is 114 Å². The largest absolute Gasteiger partial charge is 0.380 e. The standard InChI is InChI=1S/C13H24N4O2/c1-11(2)10-17-7-6-16-12(13(17)18)15-5-3-8-19-9-4-14/h6-7,11H,3-5,8-10,14H2,1-2H3,(H,15,16). The zero-order valence-electron chi connectivity index (χ0n) is 11.8. The second-order valence-corrected chi connectivity index (χ2v) is 4.81. The van der Waals surface area contributed by atoms with Crippen molar-refractivity contribution in [2.24, 2.45) is 11.7 Å². The van der Waals surface area contributed by atoms with Crippen molar-refractivity contribution in [3.8, 4) is 0 Å². The summed E-state index contributed by atoms with van der Waals surface area (Å²) in [7, 11) is 0. The van der Waals surface area contributed by atoms with Crippen LogP contribution in [0.5, 0.6) is 0 Å². The molecule has 6 heteroatoms. The van der Waals surface area contributed by atoms with Gasteiger partial charge in [0.25, 0.3) is 5.56 Å². The molecular weight excluding hydrogens is 244 g/mol. The SMILES string of the molecule is CC(C)Cn1ccnc(NCCCOCCN)c1=O. The van der Waals surface area contributed by atoms with Crippen LogP contribution in [0.15, 0.2) is 17.2 Å². The average molecular weight is 268 g/mol. The van der Waals surface area contributed by atoms with Crippen molar-refractivity contribution in [3.05, 3.63) is 22.7 Å². The number of nitrogens with one attached hydrogen (secondary N) is 1. The molecule has 0 bridgehead atoms. The molecule has 1 aromatic heterocycles. The van der Waals surface area contributed by atoms with E-state index in [1.165, 1.54) is 0 Å². The van der Waals surface area contributed by atoms with Crippen LogP contribution in [0.1, 0.15) is 20.3 Å². The number of nitrogens with zero attached hydrogens (tertiary/aromatic N) is 2. The molecule has 0 spiro atoms. The van der Waals surface area contributed by atoms with E-state index in [1.807, 2.05) is 0 Å². The van der Waals surface area contributed by atoms with Crippen molar-refractivity contribution in [3.63, 3.8) is 0 Å². The summed E-state index contributed by atoms with van der Waals surface area (Å²) in [6.45, 7) is 7.27. The smallest absolute Gasteiger partial charge is 0.293 e. The summed E-state index contributed by atoms with van der Waals surface area (Å²) in [4.78, 5) is 16.1. The molecule has 0 aliphatic heterocycles. The molecule has 0 aliphatic rings. The van der Waals surface area contributed by atoms with Crippen LogP contribution in [-0.4, -0.2) is 35.9 Å². The second kappa shape index (κ2) is 8.66.